The second-order valence-corrected chi connectivity index (χ2v) is 11.7. The van der Waals surface area contributed by atoms with Gasteiger partial charge in [-0.1, -0.05) is 88.0 Å². The fourth-order valence-electron chi connectivity index (χ4n) is 3.59. The summed E-state index contributed by atoms with van der Waals surface area (Å²) in [5.41, 5.74) is 0.384. The van der Waals surface area contributed by atoms with Gasteiger partial charge in [0.15, 0.2) is 0 Å². The van der Waals surface area contributed by atoms with E-state index in [-0.39, 0.29) is 11.1 Å². The monoisotopic (exact) mass is 778 g/mol. The van der Waals surface area contributed by atoms with Crippen LogP contribution in [0.5, 0.6) is 0 Å². The van der Waals surface area contributed by atoms with E-state index in [1.807, 2.05) is 0 Å². The van der Waals surface area contributed by atoms with Gasteiger partial charge >= 0.3 is 0 Å². The zero-order chi connectivity index (χ0) is 28.3. The van der Waals surface area contributed by atoms with Gasteiger partial charge in [0, 0.05) is 23.3 Å². The third-order valence-electron chi connectivity index (χ3n) is 5.52. The molecule has 0 fully saturated rings. The lowest BCUT2D eigenvalue weighted by Crippen LogP contribution is -2.06. The minimum absolute atomic E-state index is 0.246. The summed E-state index contributed by atoms with van der Waals surface area (Å²) in [4.78, 5) is 40.2. The summed E-state index contributed by atoms with van der Waals surface area (Å²) < 4.78 is 0. The van der Waals surface area contributed by atoms with Crippen molar-refractivity contribution < 1.29 is 19.7 Å². The highest BCUT2D eigenvalue weighted by molar-refractivity contribution is 9.12. The number of rotatable bonds is 10. The Morgan fingerprint density at radius 1 is 0.474 bits per heavy atom. The predicted octanol–water partition coefficient (Wildman–Crippen LogP) is 8.46. The van der Waals surface area contributed by atoms with Crippen molar-refractivity contribution in [1.82, 2.24) is 0 Å². The van der Waals surface area contributed by atoms with Crippen molar-refractivity contribution in [2.75, 3.05) is 0 Å². The average Bonchev–Trinajstić information content (AvgIpc) is 2.90. The molecule has 0 N–H and O–H groups in total. The number of halogens is 4. The van der Waals surface area contributed by atoms with Crippen molar-refractivity contribution in [1.29, 1.82) is 0 Å². The maximum atomic E-state index is 11.5. The maximum absolute atomic E-state index is 11.5. The van der Waals surface area contributed by atoms with Gasteiger partial charge in [0.2, 0.25) is 0 Å². The Morgan fingerprint density at radius 2 is 0.789 bits per heavy atom. The topological polar surface area (TPSA) is 173 Å². The molecule has 0 unspecified atom stereocenters. The van der Waals surface area contributed by atoms with Crippen LogP contribution in [0.1, 0.15) is 41.6 Å². The van der Waals surface area contributed by atoms with Gasteiger partial charge < -0.3 is 0 Å². The van der Waals surface area contributed by atoms with Crippen LogP contribution < -0.4 is 0 Å². The van der Waals surface area contributed by atoms with Crippen molar-refractivity contribution in [3.63, 3.8) is 0 Å². The van der Waals surface area contributed by atoms with E-state index in [2.05, 4.69) is 63.7 Å². The summed E-state index contributed by atoms with van der Waals surface area (Å²) in [6, 6.07) is 13.9. The molecule has 0 heterocycles. The lowest BCUT2D eigenvalue weighted by atomic mass is 9.98. The van der Waals surface area contributed by atoms with Crippen molar-refractivity contribution in [3.05, 3.63) is 123 Å². The molecule has 0 aliphatic carbocycles. The van der Waals surface area contributed by atoms with Crippen LogP contribution in [0.4, 0.5) is 22.7 Å². The van der Waals surface area contributed by atoms with Crippen LogP contribution >= 0.6 is 63.7 Å². The molecule has 4 atom stereocenters. The number of nitro benzene ring substituents is 4. The third kappa shape index (κ3) is 6.42. The highest BCUT2D eigenvalue weighted by Gasteiger charge is 2.31. The van der Waals surface area contributed by atoms with Crippen molar-refractivity contribution in [3.8, 4) is 0 Å². The summed E-state index contributed by atoms with van der Waals surface area (Å²) in [6.07, 6.45) is 0. The Balaban J connectivity index is 1.86. The van der Waals surface area contributed by atoms with Crippen LogP contribution in [0.25, 0.3) is 0 Å². The molecule has 0 saturated carbocycles. The van der Waals surface area contributed by atoms with Gasteiger partial charge in [-0.3, -0.25) is 40.5 Å². The number of hydrogen-bond acceptors (Lipinski definition) is 8. The number of nitrogens with zero attached hydrogens (tertiary/aromatic N) is 4. The third-order valence-corrected chi connectivity index (χ3v) is 11.1. The largest absolute Gasteiger partial charge is 0.280 e. The van der Waals surface area contributed by atoms with Gasteiger partial charge in [-0.05, 0) is 23.3 Å². The van der Waals surface area contributed by atoms with Crippen LogP contribution in [0.15, 0.2) is 60.7 Å². The Kier molecular flexibility index (Phi) is 9.67. The molecule has 3 aromatic carbocycles. The Morgan fingerprint density at radius 3 is 1.05 bits per heavy atom. The van der Waals surface area contributed by atoms with Gasteiger partial charge in [-0.25, -0.2) is 0 Å². The Bertz CT molecular complexity index is 1320. The SMILES string of the molecule is O=[N+]([O-])c1ccc([C@@H](Br)[C@@H](Br)c2ccc([C@H](Br)[C@@H](Br)c3ccc([N+](=O)[O-])cc3[N+](=O)[O-])cc2)c([N+](=O)[O-])c1. The first-order chi connectivity index (χ1) is 17.8. The first-order valence-corrected chi connectivity index (χ1v) is 14.0. The molecule has 12 nitrogen and oxygen atoms in total. The molecule has 0 aromatic heterocycles. The molecule has 198 valence electrons. The van der Waals surface area contributed by atoms with E-state index < -0.39 is 61.8 Å². The molecule has 0 saturated heterocycles. The number of benzene rings is 3. The Labute approximate surface area is 247 Å². The van der Waals surface area contributed by atoms with Gasteiger partial charge in [0.25, 0.3) is 22.7 Å². The highest BCUT2D eigenvalue weighted by atomic mass is 79.9. The maximum Gasteiger partial charge on any atom is 0.280 e. The Hall–Kier alpha value is -2.82. The van der Waals surface area contributed by atoms with Crippen LogP contribution in [0, 0.1) is 40.5 Å². The first kappa shape index (κ1) is 29.7. The molecule has 0 aliphatic rings. The molecule has 0 aliphatic heterocycles. The molecular weight excluding hydrogens is 768 g/mol. The smallest absolute Gasteiger partial charge is 0.258 e. The van der Waals surface area contributed by atoms with Gasteiger partial charge in [-0.2, -0.15) is 0 Å². The van der Waals surface area contributed by atoms with Crippen molar-refractivity contribution in [2.45, 2.75) is 19.3 Å². The molecule has 0 spiro atoms. The number of nitro groups is 4. The lowest BCUT2D eigenvalue weighted by Gasteiger charge is -2.20. The molecule has 3 rings (SSSR count). The normalized spacial score (nSPS) is 14.2. The zero-order valence-electron chi connectivity index (χ0n) is 18.6. The summed E-state index contributed by atoms with van der Waals surface area (Å²) in [5, 5.41) is 45.1. The van der Waals surface area contributed by atoms with Crippen molar-refractivity contribution >= 4 is 86.5 Å². The molecule has 0 bridgehead atoms. The fourth-order valence-corrected chi connectivity index (χ4v) is 6.16. The number of hydrogen-bond donors (Lipinski definition) is 0. The number of non-ortho nitro benzene ring substituents is 2. The van der Waals surface area contributed by atoms with E-state index >= 15 is 0 Å². The second kappa shape index (κ2) is 12.4. The second-order valence-electron chi connectivity index (χ2n) is 7.79. The summed E-state index contributed by atoms with van der Waals surface area (Å²) >= 11 is 14.0. The van der Waals surface area contributed by atoms with Crippen LogP contribution in [0.3, 0.4) is 0 Å². The molecular formula is C22H14Br4N4O8. The van der Waals surface area contributed by atoms with Crippen molar-refractivity contribution in [2.24, 2.45) is 0 Å². The molecule has 38 heavy (non-hydrogen) atoms. The van der Waals surface area contributed by atoms with Crippen LogP contribution in [0.2, 0.25) is 0 Å². The molecule has 3 aromatic rings. The number of alkyl halides is 4. The zero-order valence-corrected chi connectivity index (χ0v) is 25.0. The molecule has 16 heteroatoms. The minimum atomic E-state index is -0.705. The van der Waals surface area contributed by atoms with Gasteiger partial charge in [0.1, 0.15) is 0 Å². The lowest BCUT2D eigenvalue weighted by molar-refractivity contribution is -0.394. The fraction of sp³-hybridized carbons (Fsp3) is 0.182. The summed E-state index contributed by atoms with van der Waals surface area (Å²) in [5.74, 6) is 0. The van der Waals surface area contributed by atoms with E-state index in [1.165, 1.54) is 24.3 Å². The highest BCUT2D eigenvalue weighted by Crippen LogP contribution is 2.48. The first-order valence-electron chi connectivity index (χ1n) is 10.3. The van der Waals surface area contributed by atoms with Crippen LogP contribution in [-0.2, 0) is 0 Å². The predicted molar refractivity (Wildman–Crippen MR) is 153 cm³/mol. The van der Waals surface area contributed by atoms with E-state index in [1.54, 1.807) is 24.3 Å². The quantitative estimate of drug-likeness (QED) is 0.112. The standard InChI is InChI=1S/C22H14Br4N4O8/c23-19(21(25)15-7-5-13(27(31)32)9-17(15)29(35)36)11-1-2-12(4-3-11)20(24)22(26)16-8-6-14(28(33)34)10-18(16)30(37)38/h1-10,19-22H/t19-,20-,21-,22+/m0/s1. The van der Waals surface area contributed by atoms with Gasteiger partial charge in [0.05, 0.1) is 51.1 Å². The minimum Gasteiger partial charge on any atom is -0.258 e. The summed E-state index contributed by atoms with van der Waals surface area (Å²) in [6.45, 7) is 0. The van der Waals surface area contributed by atoms with E-state index in [9.17, 15) is 40.5 Å². The van der Waals surface area contributed by atoms with E-state index in [0.29, 0.717) is 0 Å². The van der Waals surface area contributed by atoms with E-state index in [4.69, 9.17) is 0 Å². The van der Waals surface area contributed by atoms with Crippen LogP contribution in [-0.4, -0.2) is 19.7 Å². The molecule has 0 amide bonds. The average molecular weight is 782 g/mol. The molecule has 0 radical (unpaired) electrons. The van der Waals surface area contributed by atoms with E-state index in [0.717, 1.165) is 23.3 Å². The van der Waals surface area contributed by atoms with Gasteiger partial charge in [-0.15, -0.1) is 0 Å². The summed E-state index contributed by atoms with van der Waals surface area (Å²) in [7, 11) is 0.